The molecule has 9 heteroatoms. The van der Waals surface area contributed by atoms with Crippen LogP contribution in [0.2, 0.25) is 0 Å². The number of rotatable bonds is 5. The fourth-order valence-corrected chi connectivity index (χ4v) is 3.33. The molecule has 3 aromatic heterocycles. The number of hydrogen-bond acceptors (Lipinski definition) is 7. The molecule has 1 amide bonds. The number of nitrogens with zero attached hydrogens (tertiary/aromatic N) is 3. The van der Waals surface area contributed by atoms with Gasteiger partial charge in [-0.3, -0.25) is 4.79 Å². The van der Waals surface area contributed by atoms with Crippen LogP contribution in [0.3, 0.4) is 0 Å². The lowest BCUT2D eigenvalue weighted by molar-refractivity contribution is 0.0691. The fraction of sp³-hybridized carbons (Fsp3) is 0.312. The van der Waals surface area contributed by atoms with Gasteiger partial charge in [0.1, 0.15) is 5.01 Å². The van der Waals surface area contributed by atoms with Crippen LogP contribution in [0.4, 0.5) is 0 Å². The molecule has 3 aromatic rings. The molecule has 0 spiro atoms. The van der Waals surface area contributed by atoms with Gasteiger partial charge in [-0.25, -0.2) is 14.8 Å². The number of carboxylic acid groups (broad SMARTS) is 1. The van der Waals surface area contributed by atoms with Crippen LogP contribution in [0.25, 0.3) is 11.1 Å². The highest BCUT2D eigenvalue weighted by Gasteiger charge is 2.28. The minimum Gasteiger partial charge on any atom is -0.476 e. The van der Waals surface area contributed by atoms with Crippen LogP contribution < -0.4 is 5.32 Å². The van der Waals surface area contributed by atoms with E-state index in [1.54, 1.807) is 13.0 Å². The van der Waals surface area contributed by atoms with E-state index >= 15 is 0 Å². The van der Waals surface area contributed by atoms with Crippen LogP contribution in [0, 0.1) is 6.92 Å². The number of pyridine rings is 1. The van der Waals surface area contributed by atoms with E-state index in [2.05, 4.69) is 20.4 Å². The van der Waals surface area contributed by atoms with E-state index < -0.39 is 5.97 Å². The molecule has 3 heterocycles. The van der Waals surface area contributed by atoms with Gasteiger partial charge < -0.3 is 14.9 Å². The van der Waals surface area contributed by atoms with E-state index in [9.17, 15) is 9.59 Å². The van der Waals surface area contributed by atoms with Crippen molar-refractivity contribution in [3.8, 4) is 0 Å². The van der Waals surface area contributed by atoms with Gasteiger partial charge in [0, 0.05) is 17.0 Å². The zero-order valence-corrected chi connectivity index (χ0v) is 14.1. The number of fused-ring (bicyclic) bond motifs is 1. The molecule has 0 atom stereocenters. The molecule has 0 aromatic carbocycles. The standard InChI is InChI=1S/C16H14N4O4S/c1-7-13-9(4-10(8-2-3-8)19-15(13)24-20-7)14(21)17-5-12-18-11(6-25-12)16(22)23/h4,6,8H,2-3,5H2,1H3,(H,17,21)(H,22,23). The summed E-state index contributed by atoms with van der Waals surface area (Å²) in [6, 6.07) is 1.80. The van der Waals surface area contributed by atoms with Crippen LogP contribution in [0.5, 0.6) is 0 Å². The van der Waals surface area contributed by atoms with Crippen molar-refractivity contribution in [2.24, 2.45) is 0 Å². The molecule has 1 fully saturated rings. The number of aryl methyl sites for hydroxylation is 1. The number of hydrogen-bond donors (Lipinski definition) is 2. The second-order valence-corrected chi connectivity index (χ2v) is 6.87. The van der Waals surface area contributed by atoms with Crippen molar-refractivity contribution in [1.82, 2.24) is 20.4 Å². The largest absolute Gasteiger partial charge is 0.476 e. The van der Waals surface area contributed by atoms with Gasteiger partial charge in [0.2, 0.25) is 0 Å². The fourth-order valence-electron chi connectivity index (χ4n) is 2.62. The van der Waals surface area contributed by atoms with Crippen molar-refractivity contribution in [2.45, 2.75) is 32.2 Å². The predicted octanol–water partition coefficient (Wildman–Crippen LogP) is 2.49. The Hall–Kier alpha value is -2.81. The van der Waals surface area contributed by atoms with Gasteiger partial charge in [-0.1, -0.05) is 5.16 Å². The lowest BCUT2D eigenvalue weighted by Gasteiger charge is -2.06. The summed E-state index contributed by atoms with van der Waals surface area (Å²) in [6.45, 7) is 1.92. The third-order valence-electron chi connectivity index (χ3n) is 4.05. The van der Waals surface area contributed by atoms with Gasteiger partial charge in [0.25, 0.3) is 11.6 Å². The molecule has 1 saturated carbocycles. The number of carboxylic acids is 1. The first-order valence-electron chi connectivity index (χ1n) is 7.75. The van der Waals surface area contributed by atoms with Crippen molar-refractivity contribution in [1.29, 1.82) is 0 Å². The number of carbonyl (C=O) groups excluding carboxylic acids is 1. The molecule has 8 nitrogen and oxygen atoms in total. The maximum absolute atomic E-state index is 12.7. The number of thiazole rings is 1. The number of amides is 1. The first kappa shape index (κ1) is 15.7. The van der Waals surface area contributed by atoms with E-state index in [0.29, 0.717) is 33.3 Å². The Morgan fingerprint density at radius 3 is 2.88 bits per heavy atom. The summed E-state index contributed by atoms with van der Waals surface area (Å²) < 4.78 is 5.23. The Labute approximate surface area is 145 Å². The van der Waals surface area contributed by atoms with Crippen LogP contribution in [0.15, 0.2) is 16.0 Å². The molecule has 0 radical (unpaired) electrons. The van der Waals surface area contributed by atoms with Crippen LogP contribution in [-0.4, -0.2) is 32.1 Å². The van der Waals surface area contributed by atoms with Gasteiger partial charge >= 0.3 is 5.97 Å². The van der Waals surface area contributed by atoms with Crippen molar-refractivity contribution in [3.63, 3.8) is 0 Å². The van der Waals surface area contributed by atoms with E-state index in [-0.39, 0.29) is 18.1 Å². The average molecular weight is 358 g/mol. The molecular weight excluding hydrogens is 344 g/mol. The van der Waals surface area contributed by atoms with Crippen molar-refractivity contribution >= 4 is 34.3 Å². The molecule has 1 aliphatic rings. The van der Waals surface area contributed by atoms with Crippen LogP contribution in [-0.2, 0) is 6.54 Å². The quantitative estimate of drug-likeness (QED) is 0.719. The monoisotopic (exact) mass is 358 g/mol. The Bertz CT molecular complexity index is 989. The highest BCUT2D eigenvalue weighted by molar-refractivity contribution is 7.09. The maximum Gasteiger partial charge on any atom is 0.355 e. The normalized spacial score (nSPS) is 14.0. The van der Waals surface area contributed by atoms with Crippen LogP contribution in [0.1, 0.15) is 56.0 Å². The zero-order chi connectivity index (χ0) is 17.6. The number of nitrogens with one attached hydrogen (secondary N) is 1. The number of aromatic nitrogens is 3. The molecule has 2 N–H and O–H groups in total. The Morgan fingerprint density at radius 2 is 2.20 bits per heavy atom. The molecule has 25 heavy (non-hydrogen) atoms. The molecular formula is C16H14N4O4S. The first-order valence-corrected chi connectivity index (χ1v) is 8.63. The molecule has 0 saturated heterocycles. The summed E-state index contributed by atoms with van der Waals surface area (Å²) in [5.74, 6) is -0.995. The third kappa shape index (κ3) is 2.98. The second-order valence-electron chi connectivity index (χ2n) is 5.93. The lowest BCUT2D eigenvalue weighted by atomic mass is 10.1. The van der Waals surface area contributed by atoms with Gasteiger partial charge in [-0.15, -0.1) is 11.3 Å². The van der Waals surface area contributed by atoms with Crippen molar-refractivity contribution in [2.75, 3.05) is 0 Å². The molecule has 0 aliphatic heterocycles. The summed E-state index contributed by atoms with van der Waals surface area (Å²) >= 11 is 1.19. The second kappa shape index (κ2) is 5.92. The van der Waals surface area contributed by atoms with Gasteiger partial charge in [-0.05, 0) is 25.8 Å². The van der Waals surface area contributed by atoms with Crippen molar-refractivity contribution < 1.29 is 19.2 Å². The van der Waals surface area contributed by atoms with E-state index in [0.717, 1.165) is 18.5 Å². The Balaban J connectivity index is 1.60. The smallest absolute Gasteiger partial charge is 0.355 e. The lowest BCUT2D eigenvalue weighted by Crippen LogP contribution is -2.23. The summed E-state index contributed by atoms with van der Waals surface area (Å²) in [5, 5.41) is 18.2. The minimum absolute atomic E-state index is 0.0218. The van der Waals surface area contributed by atoms with Crippen molar-refractivity contribution in [3.05, 3.63) is 39.1 Å². The third-order valence-corrected chi connectivity index (χ3v) is 4.90. The van der Waals surface area contributed by atoms with Crippen LogP contribution >= 0.6 is 11.3 Å². The SMILES string of the molecule is Cc1noc2nc(C3CC3)cc(C(=O)NCc3nc(C(=O)O)cs3)c12. The minimum atomic E-state index is -1.08. The van der Waals surface area contributed by atoms with E-state index in [4.69, 9.17) is 9.63 Å². The summed E-state index contributed by atoms with van der Waals surface area (Å²) in [6.07, 6.45) is 2.12. The van der Waals surface area contributed by atoms with Gasteiger partial charge in [-0.2, -0.15) is 0 Å². The summed E-state index contributed by atoms with van der Waals surface area (Å²) in [4.78, 5) is 32.0. The van der Waals surface area contributed by atoms with Gasteiger partial charge in [0.05, 0.1) is 23.2 Å². The topological polar surface area (TPSA) is 118 Å². The highest BCUT2D eigenvalue weighted by Crippen LogP contribution is 2.40. The Morgan fingerprint density at radius 1 is 1.40 bits per heavy atom. The average Bonchev–Trinajstić information content (AvgIpc) is 3.22. The summed E-state index contributed by atoms with van der Waals surface area (Å²) in [7, 11) is 0. The van der Waals surface area contributed by atoms with E-state index in [1.807, 2.05) is 0 Å². The number of aromatic carboxylic acids is 1. The Kier molecular flexibility index (Phi) is 3.72. The predicted molar refractivity (Wildman–Crippen MR) is 88.8 cm³/mol. The van der Waals surface area contributed by atoms with E-state index in [1.165, 1.54) is 16.7 Å². The molecule has 128 valence electrons. The first-order chi connectivity index (χ1) is 12.0. The maximum atomic E-state index is 12.7. The highest BCUT2D eigenvalue weighted by atomic mass is 32.1. The van der Waals surface area contributed by atoms with Gasteiger partial charge in [0.15, 0.2) is 5.69 Å². The molecule has 1 aliphatic carbocycles. The zero-order valence-electron chi connectivity index (χ0n) is 13.3. The number of carbonyl (C=O) groups is 2. The molecule has 4 rings (SSSR count). The summed E-state index contributed by atoms with van der Waals surface area (Å²) in [5.41, 5.74) is 2.27. The molecule has 0 unspecified atom stereocenters. The molecule has 0 bridgehead atoms.